The Labute approximate surface area is 117 Å². The first-order valence-electron chi connectivity index (χ1n) is 6.38. The van der Waals surface area contributed by atoms with Gasteiger partial charge < -0.3 is 9.67 Å². The molecule has 0 amide bonds. The van der Waals surface area contributed by atoms with E-state index in [-0.39, 0.29) is 0 Å². The third-order valence-electron chi connectivity index (χ3n) is 3.54. The van der Waals surface area contributed by atoms with Gasteiger partial charge in [0.15, 0.2) is 0 Å². The van der Waals surface area contributed by atoms with Crippen LogP contribution in [0.4, 0.5) is 13.2 Å². The number of aromatic nitrogens is 2. The highest BCUT2D eigenvalue weighted by Gasteiger charge is 2.37. The number of alkyl halides is 3. The number of aryl methyl sites for hydroxylation is 2. The number of hydrogen-bond donors (Lipinski definition) is 1. The maximum atomic E-state index is 12.9. The van der Waals surface area contributed by atoms with E-state index in [9.17, 15) is 18.0 Å². The number of halogens is 3. The molecule has 110 valence electrons. The minimum atomic E-state index is -4.71. The third kappa shape index (κ3) is 2.39. The second-order valence-corrected chi connectivity index (χ2v) is 4.92. The Balaban J connectivity index is 2.09. The Kier molecular flexibility index (Phi) is 3.00. The third-order valence-corrected chi connectivity index (χ3v) is 3.54. The van der Waals surface area contributed by atoms with Crippen molar-refractivity contribution in [3.63, 3.8) is 0 Å². The van der Waals surface area contributed by atoms with Crippen LogP contribution in [0.25, 0.3) is 5.82 Å². The molecule has 2 aromatic heterocycles. The monoisotopic (exact) mass is 296 g/mol. The molecule has 0 aromatic carbocycles. The summed E-state index contributed by atoms with van der Waals surface area (Å²) in [6.07, 6.45) is -0.297. The molecule has 1 aliphatic carbocycles. The van der Waals surface area contributed by atoms with Crippen molar-refractivity contribution >= 4 is 5.97 Å². The van der Waals surface area contributed by atoms with Gasteiger partial charge in [-0.25, -0.2) is 9.78 Å². The average Bonchev–Trinajstić information content (AvgIpc) is 3.03. The van der Waals surface area contributed by atoms with E-state index < -0.39 is 23.3 Å². The van der Waals surface area contributed by atoms with E-state index in [1.165, 1.54) is 0 Å². The van der Waals surface area contributed by atoms with Crippen molar-refractivity contribution in [1.82, 2.24) is 9.55 Å². The summed E-state index contributed by atoms with van der Waals surface area (Å²) >= 11 is 0. The lowest BCUT2D eigenvalue weighted by atomic mass is 10.2. The van der Waals surface area contributed by atoms with Gasteiger partial charge in [0.25, 0.3) is 0 Å². The number of rotatable bonds is 2. The molecule has 0 aliphatic heterocycles. The molecule has 1 N–H and O–H groups in total. The number of nitrogens with zero attached hydrogens (tertiary/aromatic N) is 2. The van der Waals surface area contributed by atoms with Crippen LogP contribution in [0.1, 0.15) is 33.6 Å². The molecule has 0 saturated heterocycles. The van der Waals surface area contributed by atoms with Crippen LogP contribution in [0.15, 0.2) is 24.5 Å². The lowest BCUT2D eigenvalue weighted by Crippen LogP contribution is -2.09. The first-order valence-corrected chi connectivity index (χ1v) is 6.38. The number of carboxylic acids is 1. The number of carboxylic acid groups (broad SMARTS) is 1. The van der Waals surface area contributed by atoms with Crippen LogP contribution in [-0.4, -0.2) is 20.6 Å². The fourth-order valence-electron chi connectivity index (χ4n) is 2.54. The molecule has 0 atom stereocenters. The number of hydrogen-bond acceptors (Lipinski definition) is 2. The van der Waals surface area contributed by atoms with Crippen molar-refractivity contribution < 1.29 is 23.1 Å². The van der Waals surface area contributed by atoms with Crippen LogP contribution in [-0.2, 0) is 19.0 Å². The molecule has 2 heterocycles. The van der Waals surface area contributed by atoms with E-state index in [1.54, 1.807) is 6.07 Å². The summed E-state index contributed by atoms with van der Waals surface area (Å²) in [6, 6.07) is 3.44. The number of carbonyl (C=O) groups is 1. The van der Waals surface area contributed by atoms with Gasteiger partial charge in [0, 0.05) is 18.1 Å². The van der Waals surface area contributed by atoms with Gasteiger partial charge in [-0.3, -0.25) is 0 Å². The Bertz CT molecular complexity index is 719. The predicted octanol–water partition coefficient (Wildman–Crippen LogP) is 3.08. The zero-order valence-corrected chi connectivity index (χ0v) is 10.8. The zero-order valence-electron chi connectivity index (χ0n) is 10.8. The normalized spacial score (nSPS) is 14.2. The Morgan fingerprint density at radius 3 is 2.62 bits per heavy atom. The van der Waals surface area contributed by atoms with Gasteiger partial charge in [-0.05, 0) is 30.9 Å². The summed E-state index contributed by atoms with van der Waals surface area (Å²) < 4.78 is 39.7. The number of fused-ring (bicyclic) bond motifs is 1. The summed E-state index contributed by atoms with van der Waals surface area (Å²) in [6.45, 7) is 0. The SMILES string of the molecule is O=C(O)c1cn(-c2ccc3c(n2)CCC3)cc1C(F)(F)F. The van der Waals surface area contributed by atoms with Crippen LogP contribution < -0.4 is 0 Å². The molecule has 0 saturated carbocycles. The van der Waals surface area contributed by atoms with Crippen molar-refractivity contribution in [2.24, 2.45) is 0 Å². The largest absolute Gasteiger partial charge is 0.478 e. The molecule has 3 rings (SSSR count). The van der Waals surface area contributed by atoms with E-state index in [2.05, 4.69) is 4.98 Å². The lowest BCUT2D eigenvalue weighted by molar-refractivity contribution is -0.138. The molecule has 0 bridgehead atoms. The minimum Gasteiger partial charge on any atom is -0.478 e. The van der Waals surface area contributed by atoms with Gasteiger partial charge in [-0.1, -0.05) is 6.07 Å². The summed E-state index contributed by atoms with van der Waals surface area (Å²) in [5, 5.41) is 8.91. The molecule has 0 spiro atoms. The highest BCUT2D eigenvalue weighted by molar-refractivity contribution is 5.89. The minimum absolute atomic E-state index is 0.300. The second-order valence-electron chi connectivity index (χ2n) is 4.92. The molecule has 2 aromatic rings. The zero-order chi connectivity index (χ0) is 15.2. The fourth-order valence-corrected chi connectivity index (χ4v) is 2.54. The number of pyridine rings is 1. The van der Waals surface area contributed by atoms with Gasteiger partial charge in [-0.15, -0.1) is 0 Å². The summed E-state index contributed by atoms with van der Waals surface area (Å²) in [5.74, 6) is -1.31. The van der Waals surface area contributed by atoms with Gasteiger partial charge in [0.2, 0.25) is 0 Å². The molecule has 0 unspecified atom stereocenters. The topological polar surface area (TPSA) is 55.1 Å². The van der Waals surface area contributed by atoms with Crippen molar-refractivity contribution in [3.8, 4) is 5.82 Å². The predicted molar refractivity (Wildman–Crippen MR) is 67.6 cm³/mol. The number of aromatic carboxylic acids is 1. The van der Waals surface area contributed by atoms with Gasteiger partial charge in [0.05, 0.1) is 11.1 Å². The highest BCUT2D eigenvalue weighted by atomic mass is 19.4. The standard InChI is InChI=1S/C14H11F3N2O2/c15-14(16,17)10-7-19(6-9(10)13(20)21)12-5-4-8-2-1-3-11(8)18-12/h4-7H,1-3H2,(H,20,21). The first-order chi connectivity index (χ1) is 9.86. The molecule has 21 heavy (non-hydrogen) atoms. The van der Waals surface area contributed by atoms with Gasteiger partial charge in [0.1, 0.15) is 5.82 Å². The molecule has 7 heteroatoms. The fraction of sp³-hybridized carbons (Fsp3) is 0.286. The van der Waals surface area contributed by atoms with E-state index in [0.717, 1.165) is 47.5 Å². The summed E-state index contributed by atoms with van der Waals surface area (Å²) in [4.78, 5) is 15.3. The van der Waals surface area contributed by atoms with Crippen LogP contribution in [0.2, 0.25) is 0 Å². The summed E-state index contributed by atoms with van der Waals surface area (Å²) in [7, 11) is 0. The van der Waals surface area contributed by atoms with Crippen LogP contribution >= 0.6 is 0 Å². The maximum Gasteiger partial charge on any atom is 0.418 e. The van der Waals surface area contributed by atoms with Gasteiger partial charge in [-0.2, -0.15) is 13.2 Å². The van der Waals surface area contributed by atoms with E-state index >= 15 is 0 Å². The highest BCUT2D eigenvalue weighted by Crippen LogP contribution is 2.33. The Morgan fingerprint density at radius 2 is 2.00 bits per heavy atom. The molecular formula is C14H11F3N2O2. The average molecular weight is 296 g/mol. The lowest BCUT2D eigenvalue weighted by Gasteiger charge is -2.05. The van der Waals surface area contributed by atoms with Crippen LogP contribution in [0.3, 0.4) is 0 Å². The van der Waals surface area contributed by atoms with Crippen molar-refractivity contribution in [3.05, 3.63) is 46.9 Å². The van der Waals surface area contributed by atoms with E-state index in [4.69, 9.17) is 5.11 Å². The molecule has 0 fully saturated rings. The summed E-state index contributed by atoms with van der Waals surface area (Å²) in [5.41, 5.74) is 0.0224. The maximum absolute atomic E-state index is 12.9. The molecule has 1 aliphatic rings. The molecule has 4 nitrogen and oxygen atoms in total. The molecule has 0 radical (unpaired) electrons. The Hall–Kier alpha value is -2.31. The Morgan fingerprint density at radius 1 is 1.24 bits per heavy atom. The van der Waals surface area contributed by atoms with Gasteiger partial charge >= 0.3 is 12.1 Å². The van der Waals surface area contributed by atoms with Crippen molar-refractivity contribution in [1.29, 1.82) is 0 Å². The van der Waals surface area contributed by atoms with Crippen molar-refractivity contribution in [2.75, 3.05) is 0 Å². The second kappa shape index (κ2) is 4.61. The van der Waals surface area contributed by atoms with Crippen molar-refractivity contribution in [2.45, 2.75) is 25.4 Å². The smallest absolute Gasteiger partial charge is 0.418 e. The van der Waals surface area contributed by atoms with Crippen LogP contribution in [0.5, 0.6) is 0 Å². The van der Waals surface area contributed by atoms with Crippen LogP contribution in [0, 0.1) is 0 Å². The first kappa shape index (κ1) is 13.7. The quantitative estimate of drug-likeness (QED) is 0.926. The molecular weight excluding hydrogens is 285 g/mol. The van der Waals surface area contributed by atoms with E-state index in [1.807, 2.05) is 6.07 Å². The van der Waals surface area contributed by atoms with E-state index in [0.29, 0.717) is 5.82 Å².